The van der Waals surface area contributed by atoms with E-state index in [0.717, 1.165) is 0 Å². The SMILES string of the molecule is CC(C)(CN)C1(O)CCS(=O)(=O)CC1. The van der Waals surface area contributed by atoms with E-state index in [9.17, 15) is 13.5 Å². The molecule has 0 aliphatic carbocycles. The highest BCUT2D eigenvalue weighted by atomic mass is 32.2. The number of rotatable bonds is 2. The minimum Gasteiger partial charge on any atom is -0.389 e. The minimum absolute atomic E-state index is 0.0763. The third-order valence-corrected chi connectivity index (χ3v) is 5.08. The molecule has 1 heterocycles. The van der Waals surface area contributed by atoms with Gasteiger partial charge in [-0.25, -0.2) is 8.42 Å². The van der Waals surface area contributed by atoms with E-state index in [0.29, 0.717) is 19.4 Å². The lowest BCUT2D eigenvalue weighted by Crippen LogP contribution is -2.53. The number of aliphatic hydroxyl groups is 1. The van der Waals surface area contributed by atoms with Crippen molar-refractivity contribution in [2.24, 2.45) is 11.1 Å². The predicted molar refractivity (Wildman–Crippen MR) is 55.7 cm³/mol. The lowest BCUT2D eigenvalue weighted by molar-refractivity contribution is -0.0695. The molecule has 0 amide bonds. The van der Waals surface area contributed by atoms with Gasteiger partial charge >= 0.3 is 0 Å². The quantitative estimate of drug-likeness (QED) is 0.683. The van der Waals surface area contributed by atoms with Crippen LogP contribution in [0.5, 0.6) is 0 Å². The van der Waals surface area contributed by atoms with Crippen LogP contribution >= 0.6 is 0 Å². The topological polar surface area (TPSA) is 80.4 Å². The first-order valence-corrected chi connectivity index (χ1v) is 6.67. The summed E-state index contributed by atoms with van der Waals surface area (Å²) in [7, 11) is -2.92. The van der Waals surface area contributed by atoms with Crippen molar-refractivity contribution >= 4 is 9.84 Å². The van der Waals surface area contributed by atoms with Crippen LogP contribution in [0.3, 0.4) is 0 Å². The van der Waals surface area contributed by atoms with Gasteiger partial charge < -0.3 is 10.8 Å². The van der Waals surface area contributed by atoms with E-state index in [2.05, 4.69) is 0 Å². The van der Waals surface area contributed by atoms with Crippen LogP contribution in [0.1, 0.15) is 26.7 Å². The summed E-state index contributed by atoms with van der Waals surface area (Å²) in [6.07, 6.45) is 0.610. The second-order valence-corrected chi connectivity index (χ2v) is 7.08. The zero-order chi connectivity index (χ0) is 11.0. The van der Waals surface area contributed by atoms with Gasteiger partial charge in [0.15, 0.2) is 9.84 Å². The van der Waals surface area contributed by atoms with Crippen molar-refractivity contribution in [2.75, 3.05) is 18.1 Å². The Balaban J connectivity index is 2.81. The molecular weight excluding hydrogens is 202 g/mol. The number of sulfone groups is 1. The van der Waals surface area contributed by atoms with Crippen LogP contribution in [0.4, 0.5) is 0 Å². The Bertz CT molecular complexity index is 294. The summed E-state index contributed by atoms with van der Waals surface area (Å²) in [5.74, 6) is 0.153. The van der Waals surface area contributed by atoms with E-state index in [-0.39, 0.29) is 11.5 Å². The smallest absolute Gasteiger partial charge is 0.150 e. The molecule has 4 nitrogen and oxygen atoms in total. The van der Waals surface area contributed by atoms with Crippen LogP contribution < -0.4 is 5.73 Å². The second kappa shape index (κ2) is 3.47. The molecule has 0 spiro atoms. The molecule has 1 saturated heterocycles. The van der Waals surface area contributed by atoms with Crippen LogP contribution in [0, 0.1) is 5.41 Å². The van der Waals surface area contributed by atoms with Gasteiger partial charge in [-0.1, -0.05) is 13.8 Å². The average molecular weight is 221 g/mol. The highest BCUT2D eigenvalue weighted by Crippen LogP contribution is 2.38. The standard InChI is InChI=1S/C9H19NO3S/c1-8(2,7-10)9(11)3-5-14(12,13)6-4-9/h11H,3-7,10H2,1-2H3. The lowest BCUT2D eigenvalue weighted by atomic mass is 9.71. The first-order chi connectivity index (χ1) is 6.22. The first kappa shape index (κ1) is 11.9. The summed E-state index contributed by atoms with van der Waals surface area (Å²) >= 11 is 0. The van der Waals surface area contributed by atoms with Crippen molar-refractivity contribution in [1.82, 2.24) is 0 Å². The molecule has 0 radical (unpaired) electrons. The maximum atomic E-state index is 11.2. The molecule has 0 bridgehead atoms. The minimum atomic E-state index is -2.92. The maximum Gasteiger partial charge on any atom is 0.150 e. The van der Waals surface area contributed by atoms with Gasteiger partial charge in [0.05, 0.1) is 17.1 Å². The molecule has 0 unspecified atom stereocenters. The van der Waals surface area contributed by atoms with Crippen LogP contribution in [-0.4, -0.2) is 37.2 Å². The zero-order valence-electron chi connectivity index (χ0n) is 8.78. The van der Waals surface area contributed by atoms with Crippen molar-refractivity contribution in [3.63, 3.8) is 0 Å². The van der Waals surface area contributed by atoms with Gasteiger partial charge in [0.2, 0.25) is 0 Å². The number of nitrogens with two attached hydrogens (primary N) is 1. The van der Waals surface area contributed by atoms with Gasteiger partial charge in [0.25, 0.3) is 0 Å². The summed E-state index contributed by atoms with van der Waals surface area (Å²) in [5.41, 5.74) is 4.24. The first-order valence-electron chi connectivity index (χ1n) is 4.85. The molecule has 1 fully saturated rings. The van der Waals surface area contributed by atoms with E-state index < -0.39 is 20.9 Å². The van der Waals surface area contributed by atoms with E-state index in [1.165, 1.54) is 0 Å². The van der Waals surface area contributed by atoms with Gasteiger partial charge in [0, 0.05) is 12.0 Å². The Kier molecular flexibility index (Phi) is 2.96. The Labute approximate surface area is 85.4 Å². The predicted octanol–water partition coefficient (Wildman–Crippen LogP) is -0.0890. The van der Waals surface area contributed by atoms with E-state index in [4.69, 9.17) is 5.73 Å². The fourth-order valence-electron chi connectivity index (χ4n) is 1.74. The third kappa shape index (κ3) is 2.10. The highest BCUT2D eigenvalue weighted by Gasteiger charge is 2.45. The monoisotopic (exact) mass is 221 g/mol. The summed E-state index contributed by atoms with van der Waals surface area (Å²) in [4.78, 5) is 0. The Morgan fingerprint density at radius 2 is 1.79 bits per heavy atom. The second-order valence-electron chi connectivity index (χ2n) is 4.77. The largest absolute Gasteiger partial charge is 0.389 e. The van der Waals surface area contributed by atoms with Gasteiger partial charge in [-0.3, -0.25) is 0 Å². The Morgan fingerprint density at radius 1 is 1.36 bits per heavy atom. The molecule has 0 aromatic rings. The van der Waals surface area contributed by atoms with Crippen molar-refractivity contribution in [3.05, 3.63) is 0 Å². The lowest BCUT2D eigenvalue weighted by Gasteiger charge is -2.44. The summed E-state index contributed by atoms with van der Waals surface area (Å²) in [5, 5.41) is 10.3. The third-order valence-electron chi connectivity index (χ3n) is 3.42. The Morgan fingerprint density at radius 3 is 2.14 bits per heavy atom. The summed E-state index contributed by atoms with van der Waals surface area (Å²) in [6.45, 7) is 4.12. The average Bonchev–Trinajstić information content (AvgIpc) is 2.10. The van der Waals surface area contributed by atoms with Crippen LogP contribution in [0.2, 0.25) is 0 Å². The van der Waals surface area contributed by atoms with Crippen molar-refractivity contribution in [1.29, 1.82) is 0 Å². The molecule has 14 heavy (non-hydrogen) atoms. The van der Waals surface area contributed by atoms with E-state index in [1.54, 1.807) is 0 Å². The summed E-state index contributed by atoms with van der Waals surface area (Å²) < 4.78 is 22.4. The van der Waals surface area contributed by atoms with Crippen molar-refractivity contribution < 1.29 is 13.5 Å². The molecule has 1 aliphatic heterocycles. The van der Waals surface area contributed by atoms with Crippen LogP contribution in [-0.2, 0) is 9.84 Å². The molecule has 3 N–H and O–H groups in total. The highest BCUT2D eigenvalue weighted by molar-refractivity contribution is 7.91. The van der Waals surface area contributed by atoms with Gasteiger partial charge in [-0.15, -0.1) is 0 Å². The molecule has 0 aromatic heterocycles. The van der Waals surface area contributed by atoms with Crippen molar-refractivity contribution in [3.8, 4) is 0 Å². The van der Waals surface area contributed by atoms with Gasteiger partial charge in [-0.05, 0) is 12.8 Å². The molecule has 0 aromatic carbocycles. The fraction of sp³-hybridized carbons (Fsp3) is 1.00. The van der Waals surface area contributed by atoms with Crippen LogP contribution in [0.25, 0.3) is 0 Å². The van der Waals surface area contributed by atoms with E-state index in [1.807, 2.05) is 13.8 Å². The molecule has 0 atom stereocenters. The van der Waals surface area contributed by atoms with Gasteiger partial charge in [0.1, 0.15) is 0 Å². The summed E-state index contributed by atoms with van der Waals surface area (Å²) in [6, 6.07) is 0. The molecule has 1 aliphatic rings. The number of hydrogen-bond acceptors (Lipinski definition) is 4. The normalized spacial score (nSPS) is 26.0. The molecule has 5 heteroatoms. The maximum absolute atomic E-state index is 11.2. The number of hydrogen-bond donors (Lipinski definition) is 2. The van der Waals surface area contributed by atoms with Gasteiger partial charge in [-0.2, -0.15) is 0 Å². The molecule has 0 saturated carbocycles. The zero-order valence-corrected chi connectivity index (χ0v) is 9.60. The van der Waals surface area contributed by atoms with Crippen LogP contribution in [0.15, 0.2) is 0 Å². The van der Waals surface area contributed by atoms with E-state index >= 15 is 0 Å². The molecule has 84 valence electrons. The Hall–Kier alpha value is -0.130. The molecule has 1 rings (SSSR count). The molecular formula is C9H19NO3S. The van der Waals surface area contributed by atoms with Crippen molar-refractivity contribution in [2.45, 2.75) is 32.3 Å². The fourth-order valence-corrected chi connectivity index (χ4v) is 3.24.